The highest BCUT2D eigenvalue weighted by Crippen LogP contribution is 2.30. The molecule has 1 amide bonds. The normalized spacial score (nSPS) is 22.5. The van der Waals surface area contributed by atoms with Crippen LogP contribution in [-0.4, -0.2) is 36.5 Å². The van der Waals surface area contributed by atoms with Gasteiger partial charge in [0.25, 0.3) is 0 Å². The van der Waals surface area contributed by atoms with Crippen LogP contribution in [0, 0.1) is 17.8 Å². The molecular formula is C16H30N2O. The van der Waals surface area contributed by atoms with Crippen molar-refractivity contribution in [1.82, 2.24) is 10.2 Å². The van der Waals surface area contributed by atoms with Gasteiger partial charge in [-0.25, -0.2) is 0 Å². The molecular weight excluding hydrogens is 236 g/mol. The van der Waals surface area contributed by atoms with Crippen molar-refractivity contribution in [3.63, 3.8) is 0 Å². The van der Waals surface area contributed by atoms with Crippen LogP contribution in [0.25, 0.3) is 0 Å². The summed E-state index contributed by atoms with van der Waals surface area (Å²) in [5, 5.41) is 3.40. The molecule has 0 aromatic rings. The van der Waals surface area contributed by atoms with E-state index in [0.717, 1.165) is 32.0 Å². The number of amides is 1. The third kappa shape index (κ3) is 4.48. The Morgan fingerprint density at radius 1 is 1.16 bits per heavy atom. The van der Waals surface area contributed by atoms with Crippen molar-refractivity contribution in [2.45, 2.75) is 58.9 Å². The summed E-state index contributed by atoms with van der Waals surface area (Å²) < 4.78 is 0. The summed E-state index contributed by atoms with van der Waals surface area (Å²) in [4.78, 5) is 14.7. The first kappa shape index (κ1) is 14.8. The second kappa shape index (κ2) is 6.74. The zero-order chi connectivity index (χ0) is 13.8. The molecule has 3 heteroatoms. The maximum Gasteiger partial charge on any atom is 0.223 e. The Bertz CT molecular complexity index is 293. The molecule has 19 heavy (non-hydrogen) atoms. The lowest BCUT2D eigenvalue weighted by molar-refractivity contribution is -0.133. The number of hydrogen-bond acceptors (Lipinski definition) is 2. The molecule has 1 unspecified atom stereocenters. The van der Waals surface area contributed by atoms with Gasteiger partial charge in [-0.2, -0.15) is 0 Å². The van der Waals surface area contributed by atoms with Crippen LogP contribution in [0.15, 0.2) is 0 Å². The van der Waals surface area contributed by atoms with Crippen LogP contribution in [-0.2, 0) is 4.79 Å². The highest BCUT2D eigenvalue weighted by molar-refractivity contribution is 5.77. The second-order valence-electron chi connectivity index (χ2n) is 6.94. The summed E-state index contributed by atoms with van der Waals surface area (Å²) >= 11 is 0. The fourth-order valence-corrected chi connectivity index (χ4v) is 3.21. The second-order valence-corrected chi connectivity index (χ2v) is 6.94. The van der Waals surface area contributed by atoms with E-state index in [1.807, 2.05) is 0 Å². The molecule has 3 nitrogen and oxygen atoms in total. The lowest BCUT2D eigenvalue weighted by Crippen LogP contribution is -2.38. The van der Waals surface area contributed by atoms with Gasteiger partial charge in [0.15, 0.2) is 0 Å². The summed E-state index contributed by atoms with van der Waals surface area (Å²) in [6.45, 7) is 9.89. The SMILES string of the molecule is CC(C)CN(C(=O)CC(C)C1CCNCC1)C1CC1. The third-order valence-corrected chi connectivity index (χ3v) is 4.55. The highest BCUT2D eigenvalue weighted by Gasteiger charge is 2.34. The molecule has 1 aliphatic carbocycles. The first-order valence-corrected chi connectivity index (χ1v) is 8.08. The molecule has 110 valence electrons. The number of carbonyl (C=O) groups excluding carboxylic acids is 1. The maximum absolute atomic E-state index is 12.5. The smallest absolute Gasteiger partial charge is 0.223 e. The Morgan fingerprint density at radius 2 is 1.79 bits per heavy atom. The molecule has 1 N–H and O–H groups in total. The van der Waals surface area contributed by atoms with E-state index >= 15 is 0 Å². The monoisotopic (exact) mass is 266 g/mol. The fraction of sp³-hybridized carbons (Fsp3) is 0.938. The molecule has 1 saturated heterocycles. The van der Waals surface area contributed by atoms with Crippen LogP contribution >= 0.6 is 0 Å². The van der Waals surface area contributed by atoms with E-state index in [1.165, 1.54) is 25.7 Å². The number of nitrogens with zero attached hydrogens (tertiary/aromatic N) is 1. The molecule has 1 saturated carbocycles. The summed E-state index contributed by atoms with van der Waals surface area (Å²) in [5.74, 6) is 2.27. The standard InChI is InChI=1S/C16H30N2O/c1-12(2)11-18(15-4-5-15)16(19)10-13(3)14-6-8-17-9-7-14/h12-15,17H,4-11H2,1-3H3. The topological polar surface area (TPSA) is 32.3 Å². The van der Waals surface area contributed by atoms with Crippen LogP contribution in [0.1, 0.15) is 52.9 Å². The van der Waals surface area contributed by atoms with Crippen LogP contribution < -0.4 is 5.32 Å². The zero-order valence-corrected chi connectivity index (χ0v) is 12.8. The van der Waals surface area contributed by atoms with Crippen LogP contribution in [0.2, 0.25) is 0 Å². The van der Waals surface area contributed by atoms with E-state index in [-0.39, 0.29) is 0 Å². The third-order valence-electron chi connectivity index (χ3n) is 4.55. The Labute approximate surface area is 118 Å². The van der Waals surface area contributed by atoms with E-state index in [1.54, 1.807) is 0 Å². The predicted molar refractivity (Wildman–Crippen MR) is 78.9 cm³/mol. The van der Waals surface area contributed by atoms with Crippen molar-refractivity contribution in [1.29, 1.82) is 0 Å². The summed E-state index contributed by atoms with van der Waals surface area (Å²) in [5.41, 5.74) is 0. The average Bonchev–Trinajstić information content (AvgIpc) is 3.21. The van der Waals surface area contributed by atoms with Gasteiger partial charge in [-0.05, 0) is 56.5 Å². The molecule has 0 aromatic carbocycles. The first-order valence-electron chi connectivity index (χ1n) is 8.08. The van der Waals surface area contributed by atoms with Gasteiger partial charge in [0, 0.05) is 19.0 Å². The number of carbonyl (C=O) groups is 1. The van der Waals surface area contributed by atoms with Gasteiger partial charge in [-0.15, -0.1) is 0 Å². The minimum absolute atomic E-state index is 0.405. The number of hydrogen-bond donors (Lipinski definition) is 1. The molecule has 1 heterocycles. The first-order chi connectivity index (χ1) is 9.08. The average molecular weight is 266 g/mol. The van der Waals surface area contributed by atoms with Gasteiger partial charge in [-0.1, -0.05) is 20.8 Å². The van der Waals surface area contributed by atoms with Crippen LogP contribution in [0.4, 0.5) is 0 Å². The van der Waals surface area contributed by atoms with Crippen molar-refractivity contribution in [2.75, 3.05) is 19.6 Å². The van der Waals surface area contributed by atoms with Crippen molar-refractivity contribution in [3.8, 4) is 0 Å². The van der Waals surface area contributed by atoms with E-state index in [9.17, 15) is 4.79 Å². The lowest BCUT2D eigenvalue weighted by atomic mass is 9.84. The molecule has 0 bridgehead atoms. The van der Waals surface area contributed by atoms with Crippen molar-refractivity contribution < 1.29 is 4.79 Å². The van der Waals surface area contributed by atoms with Gasteiger partial charge in [0.05, 0.1) is 0 Å². The van der Waals surface area contributed by atoms with Gasteiger partial charge in [0.2, 0.25) is 5.91 Å². The van der Waals surface area contributed by atoms with Gasteiger partial charge in [-0.3, -0.25) is 4.79 Å². The summed E-state index contributed by atoms with van der Waals surface area (Å²) in [7, 11) is 0. The molecule has 2 fully saturated rings. The van der Waals surface area contributed by atoms with E-state index in [0.29, 0.717) is 23.8 Å². The van der Waals surface area contributed by atoms with Crippen molar-refractivity contribution >= 4 is 5.91 Å². The molecule has 1 aliphatic heterocycles. The fourth-order valence-electron chi connectivity index (χ4n) is 3.21. The minimum atomic E-state index is 0.405. The van der Waals surface area contributed by atoms with Crippen molar-refractivity contribution in [2.24, 2.45) is 17.8 Å². The van der Waals surface area contributed by atoms with Crippen LogP contribution in [0.5, 0.6) is 0 Å². The quantitative estimate of drug-likeness (QED) is 0.801. The number of rotatable bonds is 6. The predicted octanol–water partition coefficient (Wildman–Crippen LogP) is 2.66. The Hall–Kier alpha value is -0.570. The molecule has 1 atom stereocenters. The Morgan fingerprint density at radius 3 is 2.32 bits per heavy atom. The lowest BCUT2D eigenvalue weighted by Gasteiger charge is -2.31. The summed E-state index contributed by atoms with van der Waals surface area (Å²) in [6, 6.07) is 0.565. The maximum atomic E-state index is 12.5. The largest absolute Gasteiger partial charge is 0.339 e. The van der Waals surface area contributed by atoms with Crippen LogP contribution in [0.3, 0.4) is 0 Å². The van der Waals surface area contributed by atoms with E-state index in [2.05, 4.69) is 31.0 Å². The highest BCUT2D eigenvalue weighted by atomic mass is 16.2. The summed E-state index contributed by atoms with van der Waals surface area (Å²) in [6.07, 6.45) is 5.68. The molecule has 0 spiro atoms. The molecule has 2 aliphatic rings. The van der Waals surface area contributed by atoms with Gasteiger partial charge >= 0.3 is 0 Å². The molecule has 0 radical (unpaired) electrons. The minimum Gasteiger partial charge on any atom is -0.339 e. The Kier molecular flexibility index (Phi) is 5.26. The van der Waals surface area contributed by atoms with E-state index < -0.39 is 0 Å². The Balaban J connectivity index is 1.83. The number of piperidine rings is 1. The zero-order valence-electron chi connectivity index (χ0n) is 12.8. The molecule has 2 rings (SSSR count). The molecule has 0 aromatic heterocycles. The van der Waals surface area contributed by atoms with E-state index in [4.69, 9.17) is 0 Å². The number of nitrogens with one attached hydrogen (secondary N) is 1. The van der Waals surface area contributed by atoms with Gasteiger partial charge < -0.3 is 10.2 Å². The van der Waals surface area contributed by atoms with Crippen molar-refractivity contribution in [3.05, 3.63) is 0 Å². The van der Waals surface area contributed by atoms with Gasteiger partial charge in [0.1, 0.15) is 0 Å².